The van der Waals surface area contributed by atoms with E-state index in [-0.39, 0.29) is 0 Å². The summed E-state index contributed by atoms with van der Waals surface area (Å²) in [4.78, 5) is 4.58. The Morgan fingerprint density at radius 2 is 2.00 bits per heavy atom. The summed E-state index contributed by atoms with van der Waals surface area (Å²) in [5, 5.41) is 5.20. The van der Waals surface area contributed by atoms with Crippen LogP contribution in [0.1, 0.15) is 30.1 Å². The molecule has 0 saturated heterocycles. The first-order valence-corrected chi connectivity index (χ1v) is 6.82. The van der Waals surface area contributed by atoms with E-state index in [1.165, 1.54) is 24.8 Å². The molecule has 0 radical (unpaired) electrons. The summed E-state index contributed by atoms with van der Waals surface area (Å²) in [6.07, 6.45) is 4.00. The summed E-state index contributed by atoms with van der Waals surface area (Å²) < 4.78 is 0. The van der Waals surface area contributed by atoms with Crippen LogP contribution in [-0.4, -0.2) is 17.8 Å². The van der Waals surface area contributed by atoms with E-state index in [4.69, 9.17) is 0 Å². The zero-order valence-corrected chi connectivity index (χ0v) is 10.0. The van der Waals surface area contributed by atoms with Gasteiger partial charge in [-0.15, -0.1) is 0 Å². The average Bonchev–Trinajstić information content (AvgIpc) is 2.73. The van der Waals surface area contributed by atoms with E-state index in [0.29, 0.717) is 11.3 Å². The quantitative estimate of drug-likeness (QED) is 0.847. The van der Waals surface area contributed by atoms with Gasteiger partial charge in [-0.2, -0.15) is 0 Å². The minimum atomic E-state index is 0.517. The summed E-state index contributed by atoms with van der Waals surface area (Å²) in [5.74, 6) is 0. The van der Waals surface area contributed by atoms with Gasteiger partial charge >= 0.3 is 0 Å². The third-order valence-corrected chi connectivity index (χ3v) is 4.43. The molecule has 0 aromatic heterocycles. The van der Waals surface area contributed by atoms with Gasteiger partial charge in [0.25, 0.3) is 0 Å². The molecule has 1 aromatic carbocycles. The zero-order chi connectivity index (χ0) is 10.8. The van der Waals surface area contributed by atoms with Gasteiger partial charge in [-0.05, 0) is 24.8 Å². The number of hydrogen-bond donors (Lipinski definition) is 1. The second-order valence-corrected chi connectivity index (χ2v) is 5.63. The van der Waals surface area contributed by atoms with Crippen molar-refractivity contribution in [1.82, 2.24) is 5.32 Å². The number of aliphatic imine (C=N–C) groups is 1. The fraction of sp³-hybridized carbons (Fsp3) is 0.462. The van der Waals surface area contributed by atoms with Crippen molar-refractivity contribution in [2.45, 2.75) is 30.6 Å². The van der Waals surface area contributed by atoms with Gasteiger partial charge in [0.2, 0.25) is 0 Å². The highest BCUT2D eigenvalue weighted by Gasteiger charge is 2.25. The summed E-state index contributed by atoms with van der Waals surface area (Å²) in [6, 6.07) is 11.4. The van der Waals surface area contributed by atoms with Crippen molar-refractivity contribution < 1.29 is 0 Å². The van der Waals surface area contributed by atoms with Crippen LogP contribution < -0.4 is 5.32 Å². The molecule has 0 bridgehead atoms. The minimum Gasteiger partial charge on any atom is -0.362 e. The lowest BCUT2D eigenvalue weighted by atomic mass is 9.94. The molecule has 0 spiro atoms. The molecule has 1 aliphatic heterocycles. The van der Waals surface area contributed by atoms with E-state index in [0.717, 1.165) is 11.7 Å². The van der Waals surface area contributed by atoms with Crippen LogP contribution >= 0.6 is 11.8 Å². The number of thioether (sulfide) groups is 1. The lowest BCUT2D eigenvalue weighted by molar-refractivity contribution is 0.385. The Kier molecular flexibility index (Phi) is 2.87. The Hall–Kier alpha value is -0.960. The Bertz CT molecular complexity index is 384. The highest BCUT2D eigenvalue weighted by molar-refractivity contribution is 8.14. The van der Waals surface area contributed by atoms with Crippen molar-refractivity contribution in [3.63, 3.8) is 0 Å². The normalized spacial score (nSPS) is 25.0. The molecule has 1 aromatic rings. The van der Waals surface area contributed by atoms with Gasteiger partial charge in [0.15, 0.2) is 5.17 Å². The summed E-state index contributed by atoms with van der Waals surface area (Å²) in [7, 11) is 0. The number of rotatable bonds is 2. The first kappa shape index (κ1) is 10.2. The van der Waals surface area contributed by atoms with Crippen LogP contribution in [0.15, 0.2) is 35.3 Å². The van der Waals surface area contributed by atoms with Gasteiger partial charge in [-0.25, -0.2) is 0 Å². The molecule has 2 nitrogen and oxygen atoms in total. The highest BCUT2D eigenvalue weighted by Crippen LogP contribution is 2.35. The molecule has 1 aliphatic carbocycles. The van der Waals surface area contributed by atoms with Gasteiger partial charge in [-0.1, -0.05) is 42.1 Å². The SMILES string of the molecule is c1ccc(C2CN=C(NC3CCC3)S2)cc1. The predicted molar refractivity (Wildman–Crippen MR) is 69.9 cm³/mol. The lowest BCUT2D eigenvalue weighted by Crippen LogP contribution is -2.37. The smallest absolute Gasteiger partial charge is 0.157 e. The summed E-state index contributed by atoms with van der Waals surface area (Å²) in [6.45, 7) is 0.920. The van der Waals surface area contributed by atoms with Crippen molar-refractivity contribution in [3.05, 3.63) is 35.9 Å². The lowest BCUT2D eigenvalue weighted by Gasteiger charge is -2.27. The molecule has 84 valence electrons. The van der Waals surface area contributed by atoms with Crippen LogP contribution in [0.25, 0.3) is 0 Å². The second-order valence-electron chi connectivity index (χ2n) is 4.44. The standard InChI is InChI=1S/C13H16N2S/c1-2-5-10(6-3-1)12-9-14-13(16-12)15-11-7-4-8-11/h1-3,5-6,11-12H,4,7-9H2,(H,14,15). The van der Waals surface area contributed by atoms with Crippen LogP contribution in [0.5, 0.6) is 0 Å². The fourth-order valence-electron chi connectivity index (χ4n) is 2.02. The Labute approximate surface area is 101 Å². The van der Waals surface area contributed by atoms with Gasteiger partial charge in [-0.3, -0.25) is 4.99 Å². The molecule has 1 N–H and O–H groups in total. The first-order valence-electron chi connectivity index (χ1n) is 5.94. The molecule has 1 saturated carbocycles. The maximum absolute atomic E-state index is 4.58. The third kappa shape index (κ3) is 2.09. The molecule has 1 unspecified atom stereocenters. The Balaban J connectivity index is 1.59. The predicted octanol–water partition coefficient (Wildman–Crippen LogP) is 2.97. The molecule has 1 heterocycles. The molecular formula is C13H16N2S. The van der Waals surface area contributed by atoms with E-state index < -0.39 is 0 Å². The van der Waals surface area contributed by atoms with Crippen molar-refractivity contribution >= 4 is 16.9 Å². The van der Waals surface area contributed by atoms with E-state index in [1.807, 2.05) is 11.8 Å². The number of amidine groups is 1. The molecular weight excluding hydrogens is 216 g/mol. The van der Waals surface area contributed by atoms with Gasteiger partial charge < -0.3 is 5.32 Å². The van der Waals surface area contributed by atoms with Crippen LogP contribution in [-0.2, 0) is 0 Å². The number of nitrogens with zero attached hydrogens (tertiary/aromatic N) is 1. The van der Waals surface area contributed by atoms with E-state index in [2.05, 4.69) is 40.6 Å². The first-order chi connectivity index (χ1) is 7.92. The van der Waals surface area contributed by atoms with E-state index >= 15 is 0 Å². The van der Waals surface area contributed by atoms with Crippen molar-refractivity contribution in [2.24, 2.45) is 4.99 Å². The van der Waals surface area contributed by atoms with Gasteiger partial charge in [0.05, 0.1) is 11.8 Å². The fourth-order valence-corrected chi connectivity index (χ4v) is 3.12. The molecule has 2 aliphatic rings. The molecule has 1 fully saturated rings. The van der Waals surface area contributed by atoms with Crippen molar-refractivity contribution in [3.8, 4) is 0 Å². The number of benzene rings is 1. The molecule has 0 amide bonds. The van der Waals surface area contributed by atoms with E-state index in [9.17, 15) is 0 Å². The second kappa shape index (κ2) is 4.50. The molecule has 3 rings (SSSR count). The van der Waals surface area contributed by atoms with Gasteiger partial charge in [0, 0.05) is 6.04 Å². The van der Waals surface area contributed by atoms with Crippen LogP contribution in [0, 0.1) is 0 Å². The summed E-state index contributed by atoms with van der Waals surface area (Å²) in [5.41, 5.74) is 1.39. The Morgan fingerprint density at radius 3 is 2.69 bits per heavy atom. The molecule has 3 heteroatoms. The maximum Gasteiger partial charge on any atom is 0.157 e. The topological polar surface area (TPSA) is 24.4 Å². The van der Waals surface area contributed by atoms with Crippen molar-refractivity contribution in [2.75, 3.05) is 6.54 Å². The van der Waals surface area contributed by atoms with E-state index in [1.54, 1.807) is 0 Å². The summed E-state index contributed by atoms with van der Waals surface area (Å²) >= 11 is 1.88. The van der Waals surface area contributed by atoms with Crippen LogP contribution in [0.4, 0.5) is 0 Å². The average molecular weight is 232 g/mol. The monoisotopic (exact) mass is 232 g/mol. The number of nitrogens with one attached hydrogen (secondary N) is 1. The zero-order valence-electron chi connectivity index (χ0n) is 9.23. The third-order valence-electron chi connectivity index (χ3n) is 3.26. The Morgan fingerprint density at radius 1 is 1.19 bits per heavy atom. The van der Waals surface area contributed by atoms with Crippen LogP contribution in [0.3, 0.4) is 0 Å². The number of hydrogen-bond acceptors (Lipinski definition) is 3. The van der Waals surface area contributed by atoms with Crippen LogP contribution in [0.2, 0.25) is 0 Å². The van der Waals surface area contributed by atoms with Crippen molar-refractivity contribution in [1.29, 1.82) is 0 Å². The largest absolute Gasteiger partial charge is 0.362 e. The minimum absolute atomic E-state index is 0.517. The van der Waals surface area contributed by atoms with Gasteiger partial charge in [0.1, 0.15) is 0 Å². The molecule has 1 atom stereocenters. The maximum atomic E-state index is 4.58. The highest BCUT2D eigenvalue weighted by atomic mass is 32.2. The molecule has 16 heavy (non-hydrogen) atoms.